The van der Waals surface area contributed by atoms with Gasteiger partial charge in [0.25, 0.3) is 0 Å². The van der Waals surface area contributed by atoms with Gasteiger partial charge in [-0.25, -0.2) is 0 Å². The molecule has 0 spiro atoms. The van der Waals surface area contributed by atoms with E-state index in [2.05, 4.69) is 28.8 Å². The highest BCUT2D eigenvalue weighted by molar-refractivity contribution is 7.80. The van der Waals surface area contributed by atoms with Crippen molar-refractivity contribution in [1.29, 1.82) is 0 Å². The van der Waals surface area contributed by atoms with Crippen molar-refractivity contribution in [3.8, 4) is 17.2 Å². The van der Waals surface area contributed by atoms with Gasteiger partial charge in [0.2, 0.25) is 5.75 Å². The number of aryl methyl sites for hydroxylation is 2. The summed E-state index contributed by atoms with van der Waals surface area (Å²) in [6.07, 6.45) is 1.63. The van der Waals surface area contributed by atoms with Crippen LogP contribution in [0.5, 0.6) is 17.2 Å². The number of nitrogens with zero attached hydrogens (tertiary/aromatic N) is 1. The van der Waals surface area contributed by atoms with E-state index in [4.69, 9.17) is 26.4 Å². The molecule has 0 unspecified atom stereocenters. The van der Waals surface area contributed by atoms with Crippen molar-refractivity contribution < 1.29 is 14.2 Å². The van der Waals surface area contributed by atoms with Gasteiger partial charge in [-0.3, -0.25) is 5.43 Å². The van der Waals surface area contributed by atoms with Crippen LogP contribution < -0.4 is 25.0 Å². The molecule has 6 nitrogen and oxygen atoms in total. The maximum absolute atomic E-state index is 5.32. The van der Waals surface area contributed by atoms with Crippen molar-refractivity contribution in [2.45, 2.75) is 13.8 Å². The Morgan fingerprint density at radius 3 is 2.19 bits per heavy atom. The van der Waals surface area contributed by atoms with Crippen LogP contribution in [0.3, 0.4) is 0 Å². The lowest BCUT2D eigenvalue weighted by molar-refractivity contribution is 0.324. The molecule has 138 valence electrons. The largest absolute Gasteiger partial charge is 0.493 e. The molecule has 26 heavy (non-hydrogen) atoms. The summed E-state index contributed by atoms with van der Waals surface area (Å²) in [4.78, 5) is 0. The average molecular weight is 373 g/mol. The van der Waals surface area contributed by atoms with Gasteiger partial charge in [0.05, 0.1) is 27.5 Å². The standard InChI is InChI=1S/C19H23N3O3S/c1-12-6-7-15(13(2)8-12)21-19(26)22-20-11-14-9-16(23-3)18(25-5)17(10-14)24-4/h6-11H,1-5H3,(H2,21,22,26)/b20-11-. The number of nitrogens with one attached hydrogen (secondary N) is 2. The van der Waals surface area contributed by atoms with Gasteiger partial charge in [0.15, 0.2) is 16.6 Å². The Morgan fingerprint density at radius 1 is 1.00 bits per heavy atom. The van der Waals surface area contributed by atoms with Gasteiger partial charge in [0, 0.05) is 11.3 Å². The Morgan fingerprint density at radius 2 is 1.65 bits per heavy atom. The Hall–Kier alpha value is -2.80. The lowest BCUT2D eigenvalue weighted by atomic mass is 10.1. The first-order valence-electron chi connectivity index (χ1n) is 7.95. The minimum absolute atomic E-state index is 0.403. The molecule has 2 N–H and O–H groups in total. The van der Waals surface area contributed by atoms with Crippen LogP contribution in [0.4, 0.5) is 5.69 Å². The summed E-state index contributed by atoms with van der Waals surface area (Å²) in [5, 5.41) is 7.69. The molecule has 0 aliphatic heterocycles. The Balaban J connectivity index is 2.06. The van der Waals surface area contributed by atoms with Crippen molar-refractivity contribution in [2.24, 2.45) is 5.10 Å². The second-order valence-electron chi connectivity index (χ2n) is 5.60. The Kier molecular flexibility index (Phi) is 6.80. The molecule has 0 radical (unpaired) electrons. The van der Waals surface area contributed by atoms with Crippen LogP contribution in [-0.4, -0.2) is 32.7 Å². The van der Waals surface area contributed by atoms with Crippen LogP contribution in [0.15, 0.2) is 35.4 Å². The second kappa shape index (κ2) is 9.05. The van der Waals surface area contributed by atoms with Gasteiger partial charge in [-0.05, 0) is 49.8 Å². The molecular formula is C19H23N3O3S. The zero-order valence-electron chi connectivity index (χ0n) is 15.5. The zero-order chi connectivity index (χ0) is 19.1. The summed E-state index contributed by atoms with van der Waals surface area (Å²) in [5.74, 6) is 1.65. The predicted molar refractivity (Wildman–Crippen MR) is 109 cm³/mol. The first kappa shape index (κ1) is 19.5. The third-order valence-electron chi connectivity index (χ3n) is 3.70. The van der Waals surface area contributed by atoms with E-state index in [-0.39, 0.29) is 0 Å². The quantitative estimate of drug-likeness (QED) is 0.458. The molecule has 0 heterocycles. The molecule has 0 saturated heterocycles. The fraction of sp³-hybridized carbons (Fsp3) is 0.263. The molecule has 7 heteroatoms. The Bertz CT molecular complexity index is 797. The van der Waals surface area contributed by atoms with Crippen LogP contribution in [0.25, 0.3) is 0 Å². The highest BCUT2D eigenvalue weighted by Gasteiger charge is 2.12. The second-order valence-corrected chi connectivity index (χ2v) is 6.01. The van der Waals surface area contributed by atoms with Crippen molar-refractivity contribution in [3.05, 3.63) is 47.0 Å². The van der Waals surface area contributed by atoms with E-state index >= 15 is 0 Å². The first-order valence-corrected chi connectivity index (χ1v) is 8.36. The summed E-state index contributed by atoms with van der Waals surface area (Å²) in [7, 11) is 4.70. The van der Waals surface area contributed by atoms with Crippen molar-refractivity contribution in [2.75, 3.05) is 26.6 Å². The predicted octanol–water partition coefficient (Wildman–Crippen LogP) is 3.65. The van der Waals surface area contributed by atoms with Crippen LogP contribution >= 0.6 is 12.2 Å². The first-order chi connectivity index (χ1) is 12.5. The zero-order valence-corrected chi connectivity index (χ0v) is 16.4. The summed E-state index contributed by atoms with van der Waals surface area (Å²) in [6, 6.07) is 9.70. The van der Waals surface area contributed by atoms with Gasteiger partial charge in [0.1, 0.15) is 0 Å². The van der Waals surface area contributed by atoms with Crippen molar-refractivity contribution in [3.63, 3.8) is 0 Å². The molecule has 0 atom stereocenters. The molecule has 0 fully saturated rings. The molecule has 0 amide bonds. The van der Waals surface area contributed by atoms with Gasteiger partial charge in [-0.2, -0.15) is 5.10 Å². The van der Waals surface area contributed by atoms with Crippen LogP contribution in [0.2, 0.25) is 0 Å². The number of hydrazone groups is 1. The number of methoxy groups -OCH3 is 3. The summed E-state index contributed by atoms with van der Waals surface area (Å²) >= 11 is 5.28. The molecule has 0 aliphatic carbocycles. The van der Waals surface area contributed by atoms with E-state index in [0.29, 0.717) is 22.4 Å². The monoisotopic (exact) mass is 373 g/mol. The minimum Gasteiger partial charge on any atom is -0.493 e. The number of benzene rings is 2. The van der Waals surface area contributed by atoms with Gasteiger partial charge >= 0.3 is 0 Å². The molecule has 2 aromatic carbocycles. The number of thiocarbonyl (C=S) groups is 1. The van der Waals surface area contributed by atoms with E-state index in [1.165, 1.54) is 5.56 Å². The summed E-state index contributed by atoms with van der Waals surface area (Å²) in [6.45, 7) is 4.08. The number of ether oxygens (including phenoxy) is 3. The van der Waals surface area contributed by atoms with Crippen LogP contribution in [0, 0.1) is 13.8 Å². The molecular weight excluding hydrogens is 350 g/mol. The lowest BCUT2D eigenvalue weighted by Crippen LogP contribution is -2.24. The lowest BCUT2D eigenvalue weighted by Gasteiger charge is -2.13. The summed E-state index contributed by atoms with van der Waals surface area (Å²) < 4.78 is 15.9. The topological polar surface area (TPSA) is 64.1 Å². The fourth-order valence-corrected chi connectivity index (χ4v) is 2.61. The number of hydrogen-bond donors (Lipinski definition) is 2. The van der Waals surface area contributed by atoms with E-state index in [0.717, 1.165) is 16.8 Å². The molecule has 0 aromatic heterocycles. The van der Waals surface area contributed by atoms with E-state index in [9.17, 15) is 0 Å². The average Bonchev–Trinajstić information content (AvgIpc) is 2.63. The third kappa shape index (κ3) is 4.86. The highest BCUT2D eigenvalue weighted by atomic mass is 32.1. The van der Waals surface area contributed by atoms with Crippen LogP contribution in [-0.2, 0) is 0 Å². The maximum Gasteiger partial charge on any atom is 0.203 e. The van der Waals surface area contributed by atoms with Crippen molar-refractivity contribution >= 4 is 29.2 Å². The van der Waals surface area contributed by atoms with Crippen LogP contribution in [0.1, 0.15) is 16.7 Å². The van der Waals surface area contributed by atoms with Gasteiger partial charge < -0.3 is 19.5 Å². The molecule has 0 bridgehead atoms. The molecule has 0 saturated carbocycles. The molecule has 0 aliphatic rings. The molecule has 2 rings (SSSR count). The fourth-order valence-electron chi connectivity index (χ4n) is 2.45. The number of anilines is 1. The summed E-state index contributed by atoms with van der Waals surface area (Å²) in [5.41, 5.74) is 6.84. The van der Waals surface area contributed by atoms with Gasteiger partial charge in [-0.15, -0.1) is 0 Å². The number of hydrogen-bond acceptors (Lipinski definition) is 5. The highest BCUT2D eigenvalue weighted by Crippen LogP contribution is 2.37. The minimum atomic E-state index is 0.403. The van der Waals surface area contributed by atoms with E-state index in [1.807, 2.05) is 19.1 Å². The SMILES string of the molecule is COc1cc(/C=N\NC(=S)Nc2ccc(C)cc2C)cc(OC)c1OC. The Labute approximate surface area is 159 Å². The van der Waals surface area contributed by atoms with E-state index < -0.39 is 0 Å². The van der Waals surface area contributed by atoms with Gasteiger partial charge in [-0.1, -0.05) is 17.7 Å². The number of rotatable bonds is 6. The van der Waals surface area contributed by atoms with Crippen molar-refractivity contribution in [1.82, 2.24) is 5.43 Å². The maximum atomic E-state index is 5.32. The van der Waals surface area contributed by atoms with E-state index in [1.54, 1.807) is 39.7 Å². The normalized spacial score (nSPS) is 10.5. The molecule has 2 aromatic rings. The third-order valence-corrected chi connectivity index (χ3v) is 3.89. The smallest absolute Gasteiger partial charge is 0.203 e.